The molecule has 0 aliphatic heterocycles. The van der Waals surface area contributed by atoms with Gasteiger partial charge in [0.1, 0.15) is 0 Å². The van der Waals surface area contributed by atoms with Gasteiger partial charge in [0.05, 0.1) is 0 Å². The molecule has 0 saturated carbocycles. The maximum absolute atomic E-state index is 11.5. The normalized spacial score (nSPS) is 23.8. The summed E-state index contributed by atoms with van der Waals surface area (Å²) >= 11 is 0. The van der Waals surface area contributed by atoms with Gasteiger partial charge in [-0.25, -0.2) is 0 Å². The summed E-state index contributed by atoms with van der Waals surface area (Å²) in [7, 11) is 0. The van der Waals surface area contributed by atoms with Crippen LogP contribution in [0.25, 0.3) is 0 Å². The zero-order chi connectivity index (χ0) is 9.10. The fraction of sp³-hybridized carbons (Fsp3) is 0.583. The van der Waals surface area contributed by atoms with E-state index in [0.29, 0.717) is 5.78 Å². The molecule has 0 amide bonds. The molecule has 0 radical (unpaired) electrons. The van der Waals surface area contributed by atoms with Crippen molar-refractivity contribution in [2.24, 2.45) is 0 Å². The van der Waals surface area contributed by atoms with Crippen molar-refractivity contribution in [3.63, 3.8) is 0 Å². The molecular weight excluding hydrogens is 160 g/mol. The van der Waals surface area contributed by atoms with Crippen LogP contribution in [0.3, 0.4) is 0 Å². The highest BCUT2D eigenvalue weighted by Gasteiger charge is 2.18. The molecule has 0 spiro atoms. The van der Waals surface area contributed by atoms with Gasteiger partial charge >= 0.3 is 0 Å². The van der Waals surface area contributed by atoms with Crippen molar-refractivity contribution < 1.29 is 4.79 Å². The van der Waals surface area contributed by atoms with Crippen molar-refractivity contribution in [2.45, 2.75) is 44.9 Å². The molecule has 2 rings (SSSR count). The van der Waals surface area contributed by atoms with Crippen LogP contribution in [-0.4, -0.2) is 5.78 Å². The number of ketones is 1. The molecule has 2 aliphatic carbocycles. The highest BCUT2D eigenvalue weighted by atomic mass is 16.1. The van der Waals surface area contributed by atoms with Gasteiger partial charge in [-0.05, 0) is 37.7 Å². The summed E-state index contributed by atoms with van der Waals surface area (Å²) in [6, 6.07) is 0. The molecular formula is C12H16O. The van der Waals surface area contributed by atoms with Crippen molar-refractivity contribution in [3.05, 3.63) is 23.3 Å². The van der Waals surface area contributed by atoms with E-state index in [-0.39, 0.29) is 0 Å². The molecule has 2 aliphatic rings. The topological polar surface area (TPSA) is 17.1 Å². The Kier molecular flexibility index (Phi) is 2.62. The lowest BCUT2D eigenvalue weighted by atomic mass is 10.0. The molecule has 0 aromatic rings. The highest BCUT2D eigenvalue weighted by molar-refractivity contribution is 6.01. The number of Topliss-reactive ketones (excluding diaryl/α,β-unsaturated/α-hetero) is 1. The minimum atomic E-state index is 0.369. The third-order valence-electron chi connectivity index (χ3n) is 2.91. The van der Waals surface area contributed by atoms with E-state index in [9.17, 15) is 4.79 Å². The van der Waals surface area contributed by atoms with Gasteiger partial charge in [-0.1, -0.05) is 18.6 Å². The summed E-state index contributed by atoms with van der Waals surface area (Å²) < 4.78 is 0. The molecule has 0 N–H and O–H groups in total. The van der Waals surface area contributed by atoms with Gasteiger partial charge in [-0.3, -0.25) is 4.79 Å². The zero-order valence-corrected chi connectivity index (χ0v) is 8.01. The summed E-state index contributed by atoms with van der Waals surface area (Å²) in [4.78, 5) is 11.5. The predicted octanol–water partition coefficient (Wildman–Crippen LogP) is 3.17. The molecule has 0 atom stereocenters. The van der Waals surface area contributed by atoms with Gasteiger partial charge in [0.15, 0.2) is 5.78 Å². The molecule has 70 valence electrons. The number of hydrogen-bond acceptors (Lipinski definition) is 1. The van der Waals surface area contributed by atoms with Crippen molar-refractivity contribution >= 4 is 5.78 Å². The minimum Gasteiger partial charge on any atom is -0.294 e. The maximum atomic E-state index is 11.5. The smallest absolute Gasteiger partial charge is 0.163 e. The summed E-state index contributed by atoms with van der Waals surface area (Å²) in [6.07, 6.45) is 12.3. The first-order valence-electron chi connectivity index (χ1n) is 5.31. The number of hydrogen-bond donors (Lipinski definition) is 0. The van der Waals surface area contributed by atoms with Crippen molar-refractivity contribution in [1.82, 2.24) is 0 Å². The Hall–Kier alpha value is -0.850. The monoisotopic (exact) mass is 176 g/mol. The summed E-state index contributed by atoms with van der Waals surface area (Å²) in [5.41, 5.74) is 2.38. The highest BCUT2D eigenvalue weighted by Crippen LogP contribution is 2.28. The Balaban J connectivity index is 2.14. The summed E-state index contributed by atoms with van der Waals surface area (Å²) in [5.74, 6) is 0.369. The average Bonchev–Trinajstić information content (AvgIpc) is 2.43. The number of allylic oxidation sites excluding steroid dienone is 4. The second-order valence-electron chi connectivity index (χ2n) is 3.91. The van der Waals surface area contributed by atoms with Crippen LogP contribution < -0.4 is 0 Å². The molecule has 0 saturated heterocycles. The van der Waals surface area contributed by atoms with E-state index in [2.05, 4.69) is 12.2 Å². The van der Waals surface area contributed by atoms with E-state index in [0.717, 1.165) is 24.8 Å². The number of carbonyl (C=O) groups excluding carboxylic acids is 1. The van der Waals surface area contributed by atoms with Crippen LogP contribution >= 0.6 is 0 Å². The van der Waals surface area contributed by atoms with Crippen LogP contribution in [0.4, 0.5) is 0 Å². The van der Waals surface area contributed by atoms with Gasteiger partial charge in [0, 0.05) is 12.0 Å². The van der Waals surface area contributed by atoms with E-state index < -0.39 is 0 Å². The Labute approximate surface area is 79.5 Å². The minimum absolute atomic E-state index is 0.369. The lowest BCUT2D eigenvalue weighted by molar-refractivity contribution is -0.114. The third kappa shape index (κ3) is 1.90. The van der Waals surface area contributed by atoms with Crippen LogP contribution in [0.5, 0.6) is 0 Å². The Bertz CT molecular complexity index is 271. The Morgan fingerprint density at radius 3 is 2.62 bits per heavy atom. The van der Waals surface area contributed by atoms with Crippen LogP contribution in [-0.2, 0) is 4.79 Å². The second kappa shape index (κ2) is 3.91. The quantitative estimate of drug-likeness (QED) is 0.599. The van der Waals surface area contributed by atoms with Gasteiger partial charge in [0.2, 0.25) is 0 Å². The van der Waals surface area contributed by atoms with Crippen LogP contribution in [0.15, 0.2) is 23.3 Å². The molecule has 13 heavy (non-hydrogen) atoms. The largest absolute Gasteiger partial charge is 0.294 e. The average molecular weight is 176 g/mol. The molecule has 0 aromatic heterocycles. The van der Waals surface area contributed by atoms with Crippen molar-refractivity contribution in [2.75, 3.05) is 0 Å². The molecule has 1 nitrogen and oxygen atoms in total. The predicted molar refractivity (Wildman–Crippen MR) is 53.5 cm³/mol. The first kappa shape index (κ1) is 8.74. The first-order valence-corrected chi connectivity index (χ1v) is 5.31. The van der Waals surface area contributed by atoms with E-state index in [1.165, 1.54) is 31.3 Å². The van der Waals surface area contributed by atoms with E-state index in [1.807, 2.05) is 0 Å². The fourth-order valence-corrected chi connectivity index (χ4v) is 2.17. The fourth-order valence-electron chi connectivity index (χ4n) is 2.17. The Morgan fingerprint density at radius 2 is 1.85 bits per heavy atom. The maximum Gasteiger partial charge on any atom is 0.163 e. The molecule has 0 aromatic carbocycles. The Morgan fingerprint density at radius 1 is 0.923 bits per heavy atom. The van der Waals surface area contributed by atoms with Gasteiger partial charge < -0.3 is 0 Å². The van der Waals surface area contributed by atoms with Crippen molar-refractivity contribution in [1.29, 1.82) is 0 Å². The first-order chi connectivity index (χ1) is 6.38. The van der Waals surface area contributed by atoms with E-state index in [1.54, 1.807) is 0 Å². The second-order valence-corrected chi connectivity index (χ2v) is 3.91. The standard InChI is InChI=1S/C12H16O/c13-12-9-5-8-11(12)10-6-3-1-2-4-7-10/h6,8H,1-5,7,9H2. The molecule has 1 heteroatoms. The van der Waals surface area contributed by atoms with E-state index >= 15 is 0 Å². The summed E-state index contributed by atoms with van der Waals surface area (Å²) in [5, 5.41) is 0. The molecule has 0 fully saturated rings. The third-order valence-corrected chi connectivity index (χ3v) is 2.91. The molecule has 0 unspecified atom stereocenters. The molecule has 0 bridgehead atoms. The number of rotatable bonds is 1. The van der Waals surface area contributed by atoms with Crippen LogP contribution in [0.2, 0.25) is 0 Å². The van der Waals surface area contributed by atoms with Gasteiger partial charge in [-0.2, -0.15) is 0 Å². The van der Waals surface area contributed by atoms with E-state index in [4.69, 9.17) is 0 Å². The van der Waals surface area contributed by atoms with Crippen LogP contribution in [0.1, 0.15) is 44.9 Å². The van der Waals surface area contributed by atoms with Crippen molar-refractivity contribution in [3.8, 4) is 0 Å². The van der Waals surface area contributed by atoms with Crippen LogP contribution in [0, 0.1) is 0 Å². The molecule has 0 heterocycles. The van der Waals surface area contributed by atoms with Gasteiger partial charge in [-0.15, -0.1) is 0 Å². The zero-order valence-electron chi connectivity index (χ0n) is 8.01. The van der Waals surface area contributed by atoms with Gasteiger partial charge in [0.25, 0.3) is 0 Å². The summed E-state index contributed by atoms with van der Waals surface area (Å²) in [6.45, 7) is 0. The lowest BCUT2D eigenvalue weighted by Crippen LogP contribution is -1.98. The number of carbonyl (C=O) groups is 1. The SMILES string of the molecule is O=C1CCC=C1C1=CCCCCC1. The lowest BCUT2D eigenvalue weighted by Gasteiger charge is -2.04.